The molecule has 1 aromatic carbocycles. The van der Waals surface area contributed by atoms with Crippen molar-refractivity contribution in [2.45, 2.75) is 51.5 Å². The van der Waals surface area contributed by atoms with Crippen LogP contribution in [0.2, 0.25) is 0 Å². The molecule has 1 aliphatic carbocycles. The lowest BCUT2D eigenvalue weighted by Gasteiger charge is -2.45. The van der Waals surface area contributed by atoms with Gasteiger partial charge in [0.15, 0.2) is 11.5 Å². The molecule has 2 fully saturated rings. The lowest BCUT2D eigenvalue weighted by Crippen LogP contribution is -3.23. The van der Waals surface area contributed by atoms with E-state index in [9.17, 15) is 4.79 Å². The minimum absolute atomic E-state index is 0.0451. The lowest BCUT2D eigenvalue weighted by atomic mass is 9.79. The first kappa shape index (κ1) is 21.9. The number of hydrogen-bond donors (Lipinski definition) is 2. The molecule has 0 spiro atoms. The molecule has 2 N–H and O–H groups in total. The fraction of sp³-hybridized carbons (Fsp3) is 0.696. The van der Waals surface area contributed by atoms with Gasteiger partial charge in [-0.2, -0.15) is 0 Å². The quantitative estimate of drug-likeness (QED) is 0.695. The van der Waals surface area contributed by atoms with Crippen LogP contribution in [0.5, 0.6) is 11.5 Å². The number of benzene rings is 1. The van der Waals surface area contributed by atoms with Gasteiger partial charge in [0.2, 0.25) is 0 Å². The van der Waals surface area contributed by atoms with Crippen molar-refractivity contribution >= 4 is 5.91 Å². The van der Waals surface area contributed by atoms with Gasteiger partial charge in [-0.05, 0) is 37.0 Å². The molecule has 1 amide bonds. The van der Waals surface area contributed by atoms with E-state index in [0.29, 0.717) is 29.6 Å². The molecule has 1 aromatic rings. The Bertz CT molecular complexity index is 665. The van der Waals surface area contributed by atoms with E-state index >= 15 is 0 Å². The van der Waals surface area contributed by atoms with Crippen molar-refractivity contribution in [3.8, 4) is 11.5 Å². The number of amides is 1. The average molecular weight is 406 g/mol. The molecule has 2 aliphatic rings. The van der Waals surface area contributed by atoms with Crippen LogP contribution < -0.4 is 19.7 Å². The molecule has 29 heavy (non-hydrogen) atoms. The van der Waals surface area contributed by atoms with Crippen molar-refractivity contribution in [3.63, 3.8) is 0 Å². The fourth-order valence-electron chi connectivity index (χ4n) is 4.57. The highest BCUT2D eigenvalue weighted by Crippen LogP contribution is 2.29. The van der Waals surface area contributed by atoms with Crippen LogP contribution in [0.25, 0.3) is 0 Å². The average Bonchev–Trinajstić information content (AvgIpc) is 2.77. The smallest absolute Gasteiger partial charge is 0.251 e. The monoisotopic (exact) mass is 405 g/mol. The Morgan fingerprint density at radius 2 is 1.90 bits per heavy atom. The predicted octanol–water partition coefficient (Wildman–Crippen LogP) is 2.08. The van der Waals surface area contributed by atoms with Gasteiger partial charge in [-0.15, -0.1) is 0 Å². The highest BCUT2D eigenvalue weighted by atomic mass is 16.5. The van der Waals surface area contributed by atoms with E-state index in [-0.39, 0.29) is 11.4 Å². The highest BCUT2D eigenvalue weighted by Gasteiger charge is 2.42. The molecule has 0 bridgehead atoms. The van der Waals surface area contributed by atoms with Crippen molar-refractivity contribution in [2.24, 2.45) is 5.92 Å². The molecule has 1 heterocycles. The largest absolute Gasteiger partial charge is 0.493 e. The Balaban J connectivity index is 1.66. The van der Waals surface area contributed by atoms with Gasteiger partial charge < -0.3 is 24.4 Å². The number of ether oxygens (including phenoxy) is 3. The third kappa shape index (κ3) is 5.64. The second-order valence-corrected chi connectivity index (χ2v) is 8.81. The summed E-state index contributed by atoms with van der Waals surface area (Å²) in [6.07, 6.45) is 6.14. The molecule has 6 nitrogen and oxygen atoms in total. The Morgan fingerprint density at radius 1 is 1.17 bits per heavy atom. The van der Waals surface area contributed by atoms with Crippen LogP contribution in [-0.4, -0.2) is 58.0 Å². The van der Waals surface area contributed by atoms with Crippen LogP contribution in [0.15, 0.2) is 18.2 Å². The van der Waals surface area contributed by atoms with E-state index in [4.69, 9.17) is 14.2 Å². The normalized spacial score (nSPS) is 19.7. The van der Waals surface area contributed by atoms with Crippen LogP contribution >= 0.6 is 0 Å². The summed E-state index contributed by atoms with van der Waals surface area (Å²) in [5.41, 5.74) is 0.754. The predicted molar refractivity (Wildman–Crippen MR) is 113 cm³/mol. The summed E-state index contributed by atoms with van der Waals surface area (Å²) in [5, 5.41) is 3.23. The number of carbonyl (C=O) groups is 1. The highest BCUT2D eigenvalue weighted by molar-refractivity contribution is 5.94. The van der Waals surface area contributed by atoms with Gasteiger partial charge in [-0.25, -0.2) is 0 Å². The van der Waals surface area contributed by atoms with Gasteiger partial charge in [0.25, 0.3) is 5.91 Å². The maximum Gasteiger partial charge on any atom is 0.251 e. The minimum atomic E-state index is -0.0451. The molecule has 1 saturated heterocycles. The summed E-state index contributed by atoms with van der Waals surface area (Å²) in [7, 11) is 1.61. The molecule has 3 rings (SSSR count). The van der Waals surface area contributed by atoms with Crippen LogP contribution in [0.3, 0.4) is 0 Å². The van der Waals surface area contributed by atoms with E-state index < -0.39 is 0 Å². The summed E-state index contributed by atoms with van der Waals surface area (Å²) in [6.45, 7) is 9.25. The Hall–Kier alpha value is -1.79. The number of rotatable bonds is 8. The number of carbonyl (C=O) groups excluding carboxylic acids is 1. The van der Waals surface area contributed by atoms with E-state index in [1.54, 1.807) is 18.1 Å². The van der Waals surface area contributed by atoms with Gasteiger partial charge in [0.1, 0.15) is 18.6 Å². The minimum Gasteiger partial charge on any atom is -0.493 e. The zero-order valence-electron chi connectivity index (χ0n) is 18.2. The number of morpholine rings is 1. The van der Waals surface area contributed by atoms with Crippen molar-refractivity contribution in [3.05, 3.63) is 23.8 Å². The van der Waals surface area contributed by atoms with Crippen LogP contribution in [-0.2, 0) is 4.74 Å². The summed E-state index contributed by atoms with van der Waals surface area (Å²) in [6, 6.07) is 5.43. The maximum atomic E-state index is 12.9. The third-order valence-corrected chi connectivity index (χ3v) is 6.24. The summed E-state index contributed by atoms with van der Waals surface area (Å²) in [5.74, 6) is 1.66. The molecule has 162 valence electrons. The molecule has 0 atom stereocenters. The first-order valence-corrected chi connectivity index (χ1v) is 11.1. The lowest BCUT2D eigenvalue weighted by molar-refractivity contribution is -0.960. The molecule has 6 heteroatoms. The second-order valence-electron chi connectivity index (χ2n) is 8.81. The molecule has 1 saturated carbocycles. The number of methoxy groups -OCH3 is 1. The van der Waals surface area contributed by atoms with Crippen LogP contribution in [0, 0.1) is 5.92 Å². The van der Waals surface area contributed by atoms with E-state index in [1.807, 2.05) is 12.1 Å². The topological polar surface area (TPSA) is 61.2 Å². The Kier molecular flexibility index (Phi) is 7.78. The van der Waals surface area contributed by atoms with E-state index in [0.717, 1.165) is 32.8 Å². The van der Waals surface area contributed by atoms with Crippen molar-refractivity contribution in [2.75, 3.05) is 46.6 Å². The Labute approximate surface area is 174 Å². The molecular formula is C23H37N2O4+. The molecular weight excluding hydrogens is 368 g/mol. The van der Waals surface area contributed by atoms with E-state index in [1.165, 1.54) is 32.1 Å². The summed E-state index contributed by atoms with van der Waals surface area (Å²) < 4.78 is 16.8. The zero-order chi connectivity index (χ0) is 20.7. The van der Waals surface area contributed by atoms with Crippen molar-refractivity contribution in [1.29, 1.82) is 0 Å². The SMILES string of the molecule is COc1cc(C(=O)NCC2([NH+]3CCOCC3)CCCCC2)ccc1OCC(C)C. The van der Waals surface area contributed by atoms with Gasteiger partial charge in [0, 0.05) is 18.4 Å². The second kappa shape index (κ2) is 10.3. The third-order valence-electron chi connectivity index (χ3n) is 6.24. The van der Waals surface area contributed by atoms with E-state index in [2.05, 4.69) is 19.2 Å². The molecule has 0 aromatic heterocycles. The van der Waals surface area contributed by atoms with Crippen molar-refractivity contribution in [1.82, 2.24) is 5.32 Å². The fourth-order valence-corrected chi connectivity index (χ4v) is 4.57. The standard InChI is InChI=1S/C23H36N2O4/c1-18(2)16-29-20-8-7-19(15-21(20)27-3)22(26)24-17-23(9-5-4-6-10-23)25-11-13-28-14-12-25/h7-8,15,18H,4-6,9-14,16-17H2,1-3H3,(H,24,26)/p+1. The molecule has 0 radical (unpaired) electrons. The van der Waals surface area contributed by atoms with Crippen LogP contribution in [0.1, 0.15) is 56.3 Å². The van der Waals surface area contributed by atoms with Gasteiger partial charge >= 0.3 is 0 Å². The first-order valence-electron chi connectivity index (χ1n) is 11.1. The zero-order valence-corrected chi connectivity index (χ0v) is 18.2. The molecule has 0 unspecified atom stereocenters. The van der Waals surface area contributed by atoms with Gasteiger partial charge in [-0.3, -0.25) is 4.79 Å². The first-order chi connectivity index (χ1) is 14.0. The van der Waals surface area contributed by atoms with Crippen LogP contribution in [0.4, 0.5) is 0 Å². The summed E-state index contributed by atoms with van der Waals surface area (Å²) in [4.78, 5) is 14.5. The number of nitrogens with one attached hydrogen (secondary N) is 2. The molecule has 1 aliphatic heterocycles. The van der Waals surface area contributed by atoms with Crippen molar-refractivity contribution < 1.29 is 23.9 Å². The number of quaternary nitrogens is 1. The summed E-state index contributed by atoms with van der Waals surface area (Å²) >= 11 is 0. The van der Waals surface area contributed by atoms with Gasteiger partial charge in [0.05, 0.1) is 33.5 Å². The Morgan fingerprint density at radius 3 is 2.55 bits per heavy atom. The number of hydrogen-bond acceptors (Lipinski definition) is 4. The van der Waals surface area contributed by atoms with Gasteiger partial charge in [-0.1, -0.05) is 20.3 Å². The maximum absolute atomic E-state index is 12.9.